The Hall–Kier alpha value is -3.43. The van der Waals surface area contributed by atoms with E-state index in [4.69, 9.17) is 9.47 Å². The number of rotatable bonds is 7. The van der Waals surface area contributed by atoms with Crippen molar-refractivity contribution in [2.45, 2.75) is 13.5 Å². The van der Waals surface area contributed by atoms with Gasteiger partial charge in [-0.05, 0) is 88.6 Å². The maximum Gasteiger partial charge on any atom is 0.335 e. The first-order valence-electron chi connectivity index (χ1n) is 10.7. The van der Waals surface area contributed by atoms with Crippen LogP contribution in [0.5, 0.6) is 11.5 Å². The summed E-state index contributed by atoms with van der Waals surface area (Å²) < 4.78 is 12.9. The summed E-state index contributed by atoms with van der Waals surface area (Å²) in [5, 5.41) is 2.23. The maximum atomic E-state index is 13.1. The van der Waals surface area contributed by atoms with E-state index in [9.17, 15) is 14.4 Å². The Morgan fingerprint density at radius 2 is 1.63 bits per heavy atom. The quantitative estimate of drug-likeness (QED) is 0.272. The van der Waals surface area contributed by atoms with Gasteiger partial charge in [0.25, 0.3) is 11.8 Å². The van der Waals surface area contributed by atoms with Crippen LogP contribution in [0.2, 0.25) is 0 Å². The van der Waals surface area contributed by atoms with Crippen molar-refractivity contribution in [1.82, 2.24) is 5.32 Å². The zero-order chi connectivity index (χ0) is 24.9. The van der Waals surface area contributed by atoms with E-state index in [1.54, 1.807) is 42.5 Å². The van der Waals surface area contributed by atoms with E-state index in [-0.39, 0.29) is 5.57 Å². The number of carbonyl (C=O) groups excluding carboxylic acids is 3. The molecule has 0 atom stereocenters. The van der Waals surface area contributed by atoms with Crippen molar-refractivity contribution in [2.24, 2.45) is 0 Å². The van der Waals surface area contributed by atoms with Crippen LogP contribution in [0.25, 0.3) is 6.08 Å². The molecule has 1 saturated heterocycles. The highest BCUT2D eigenvalue weighted by Crippen LogP contribution is 2.29. The van der Waals surface area contributed by atoms with Crippen LogP contribution in [-0.2, 0) is 16.2 Å². The fourth-order valence-electron chi connectivity index (χ4n) is 3.38. The van der Waals surface area contributed by atoms with Gasteiger partial charge in [-0.3, -0.25) is 14.9 Å². The van der Waals surface area contributed by atoms with Crippen LogP contribution in [0.3, 0.4) is 0 Å². The van der Waals surface area contributed by atoms with Crippen LogP contribution >= 0.6 is 31.9 Å². The van der Waals surface area contributed by atoms with Crippen LogP contribution < -0.4 is 19.7 Å². The minimum Gasteiger partial charge on any atom is -0.493 e. The van der Waals surface area contributed by atoms with E-state index in [0.29, 0.717) is 40.4 Å². The van der Waals surface area contributed by atoms with Crippen molar-refractivity contribution in [1.29, 1.82) is 0 Å². The molecule has 3 aromatic carbocycles. The van der Waals surface area contributed by atoms with Gasteiger partial charge in [-0.15, -0.1) is 0 Å². The van der Waals surface area contributed by atoms with Crippen LogP contribution in [0, 0.1) is 0 Å². The number of amides is 4. The molecule has 0 spiro atoms. The van der Waals surface area contributed by atoms with E-state index in [0.717, 1.165) is 14.9 Å². The summed E-state index contributed by atoms with van der Waals surface area (Å²) in [4.78, 5) is 39.0. The first-order valence-corrected chi connectivity index (χ1v) is 12.3. The number of barbiturate groups is 1. The Morgan fingerprint density at radius 3 is 2.29 bits per heavy atom. The fraction of sp³-hybridized carbons (Fsp3) is 0.115. The van der Waals surface area contributed by atoms with E-state index < -0.39 is 17.8 Å². The molecule has 0 aliphatic carbocycles. The van der Waals surface area contributed by atoms with Gasteiger partial charge in [-0.1, -0.05) is 34.1 Å². The Kier molecular flexibility index (Phi) is 7.67. The van der Waals surface area contributed by atoms with Gasteiger partial charge in [0.15, 0.2) is 0 Å². The molecular weight excluding hydrogens is 580 g/mol. The lowest BCUT2D eigenvalue weighted by molar-refractivity contribution is -0.122. The van der Waals surface area contributed by atoms with Crippen LogP contribution in [0.15, 0.2) is 81.2 Å². The standard InChI is InChI=1S/C26H20Br2N2O5/c1-2-34-23-12-5-17(14-22(23)28)13-21-24(31)29-26(33)30(25(21)32)19-8-10-20(11-9-19)35-15-16-3-6-18(27)7-4-16/h3-14H,2,15H2,1H3,(H,29,31,33)/b21-13+. The summed E-state index contributed by atoms with van der Waals surface area (Å²) in [5.41, 5.74) is 1.76. The average Bonchev–Trinajstić information content (AvgIpc) is 2.84. The number of anilines is 1. The number of carbonyl (C=O) groups is 3. The molecule has 1 N–H and O–H groups in total. The van der Waals surface area contributed by atoms with Crippen molar-refractivity contribution < 1.29 is 23.9 Å². The SMILES string of the molecule is CCOc1ccc(/C=C2\C(=O)NC(=O)N(c3ccc(OCc4ccc(Br)cc4)cc3)C2=O)cc1Br. The summed E-state index contributed by atoms with van der Waals surface area (Å²) >= 11 is 6.82. The number of urea groups is 1. The molecule has 0 saturated carbocycles. The Morgan fingerprint density at radius 1 is 0.914 bits per heavy atom. The molecule has 0 bridgehead atoms. The smallest absolute Gasteiger partial charge is 0.335 e. The number of nitrogens with zero attached hydrogens (tertiary/aromatic N) is 1. The van der Waals surface area contributed by atoms with E-state index in [2.05, 4.69) is 37.2 Å². The zero-order valence-corrected chi connectivity index (χ0v) is 21.8. The van der Waals surface area contributed by atoms with E-state index in [1.807, 2.05) is 31.2 Å². The van der Waals surface area contributed by atoms with Crippen molar-refractivity contribution in [3.05, 3.63) is 92.4 Å². The molecule has 4 rings (SSSR count). The molecule has 9 heteroatoms. The highest BCUT2D eigenvalue weighted by molar-refractivity contribution is 9.10. The van der Waals surface area contributed by atoms with Crippen LogP contribution in [-0.4, -0.2) is 24.5 Å². The first-order chi connectivity index (χ1) is 16.9. The number of hydrogen-bond donors (Lipinski definition) is 1. The second kappa shape index (κ2) is 10.9. The molecule has 1 heterocycles. The highest BCUT2D eigenvalue weighted by atomic mass is 79.9. The van der Waals surface area contributed by atoms with E-state index >= 15 is 0 Å². The van der Waals surface area contributed by atoms with Crippen molar-refractivity contribution in [3.8, 4) is 11.5 Å². The number of halogens is 2. The van der Waals surface area contributed by atoms with Gasteiger partial charge in [0.2, 0.25) is 0 Å². The molecule has 7 nitrogen and oxygen atoms in total. The summed E-state index contributed by atoms with van der Waals surface area (Å²) in [6.07, 6.45) is 1.44. The molecule has 0 radical (unpaired) electrons. The van der Waals surface area contributed by atoms with Gasteiger partial charge in [0.05, 0.1) is 16.8 Å². The van der Waals surface area contributed by atoms with Gasteiger partial charge in [-0.2, -0.15) is 0 Å². The van der Waals surface area contributed by atoms with Gasteiger partial charge in [0.1, 0.15) is 23.7 Å². The Balaban J connectivity index is 1.52. The zero-order valence-electron chi connectivity index (χ0n) is 18.6. The summed E-state index contributed by atoms with van der Waals surface area (Å²) in [7, 11) is 0. The number of hydrogen-bond acceptors (Lipinski definition) is 5. The van der Waals surface area contributed by atoms with Crippen molar-refractivity contribution >= 4 is 61.5 Å². The van der Waals surface area contributed by atoms with Crippen molar-refractivity contribution in [2.75, 3.05) is 11.5 Å². The maximum absolute atomic E-state index is 13.1. The minimum absolute atomic E-state index is 0.156. The molecular formula is C26H20Br2N2O5. The third-order valence-corrected chi connectivity index (χ3v) is 6.23. The average molecular weight is 600 g/mol. The summed E-state index contributed by atoms with van der Waals surface area (Å²) in [6.45, 7) is 2.75. The molecule has 1 aliphatic heterocycles. The molecule has 0 aromatic heterocycles. The molecule has 3 aromatic rings. The van der Waals surface area contributed by atoms with Gasteiger partial charge in [-0.25, -0.2) is 9.69 Å². The predicted molar refractivity (Wildman–Crippen MR) is 139 cm³/mol. The second-order valence-electron chi connectivity index (χ2n) is 7.49. The molecule has 0 unspecified atom stereocenters. The number of nitrogens with one attached hydrogen (secondary N) is 1. The molecule has 1 fully saturated rings. The Labute approximate surface area is 219 Å². The van der Waals surface area contributed by atoms with Gasteiger partial charge < -0.3 is 9.47 Å². The lowest BCUT2D eigenvalue weighted by Crippen LogP contribution is -2.54. The summed E-state index contributed by atoms with van der Waals surface area (Å²) in [5.74, 6) is -0.246. The monoisotopic (exact) mass is 598 g/mol. The fourth-order valence-corrected chi connectivity index (χ4v) is 4.15. The van der Waals surface area contributed by atoms with Gasteiger partial charge >= 0.3 is 6.03 Å². The number of ether oxygens (including phenoxy) is 2. The second-order valence-corrected chi connectivity index (χ2v) is 9.26. The minimum atomic E-state index is -0.812. The number of imide groups is 2. The van der Waals surface area contributed by atoms with Gasteiger partial charge in [0, 0.05) is 4.47 Å². The molecule has 35 heavy (non-hydrogen) atoms. The molecule has 1 aliphatic rings. The van der Waals surface area contributed by atoms with E-state index in [1.165, 1.54) is 6.08 Å². The van der Waals surface area contributed by atoms with Crippen molar-refractivity contribution in [3.63, 3.8) is 0 Å². The third kappa shape index (κ3) is 5.80. The predicted octanol–water partition coefficient (Wildman–Crippen LogP) is 5.86. The molecule has 4 amide bonds. The topological polar surface area (TPSA) is 84.9 Å². The lowest BCUT2D eigenvalue weighted by atomic mass is 10.1. The number of benzene rings is 3. The molecule has 178 valence electrons. The largest absolute Gasteiger partial charge is 0.493 e. The normalized spacial score (nSPS) is 14.8. The summed E-state index contributed by atoms with van der Waals surface area (Å²) in [6, 6.07) is 18.7. The third-order valence-electron chi connectivity index (χ3n) is 5.08. The Bertz CT molecular complexity index is 1300. The first kappa shape index (κ1) is 24.7. The highest BCUT2D eigenvalue weighted by Gasteiger charge is 2.36. The lowest BCUT2D eigenvalue weighted by Gasteiger charge is -2.26. The van der Waals surface area contributed by atoms with Crippen LogP contribution in [0.4, 0.5) is 10.5 Å². The van der Waals surface area contributed by atoms with Crippen LogP contribution in [0.1, 0.15) is 18.1 Å².